The number of carbonyl (C=O) groups excluding carboxylic acids is 9. The Morgan fingerprint density at radius 1 is 0.529 bits per heavy atom. The molecule has 0 heterocycles. The molecule has 11 atom stereocenters. The second-order valence-electron chi connectivity index (χ2n) is 18.5. The number of primary amides is 1. The fraction of sp³-hybridized carbons (Fsp3) is 0.756. The topological polar surface area (TPSA) is 423 Å². The number of carboxylic acids is 2. The number of nitrogens with one attached hydrogen (secondary N) is 8. The number of nitrogens with two attached hydrogens (primary N) is 3. The number of hydrogen-bond donors (Lipinski definition) is 14. The summed E-state index contributed by atoms with van der Waals surface area (Å²) in [4.78, 5) is 143. The Hall–Kier alpha value is -5.95. The van der Waals surface area contributed by atoms with Crippen LogP contribution in [0.25, 0.3) is 0 Å². The number of unbranched alkanes of at least 4 members (excludes halogenated alkanes) is 1. The molecule has 400 valence electrons. The largest absolute Gasteiger partial charge is 0.481 e. The van der Waals surface area contributed by atoms with Gasteiger partial charge < -0.3 is 75.1 Å². The van der Waals surface area contributed by atoms with Crippen LogP contribution in [-0.2, 0) is 52.7 Å². The van der Waals surface area contributed by atoms with Crippen molar-refractivity contribution in [2.45, 2.75) is 181 Å². The van der Waals surface area contributed by atoms with Crippen molar-refractivity contribution in [3.05, 3.63) is 0 Å². The van der Waals surface area contributed by atoms with Crippen LogP contribution < -0.4 is 59.7 Å². The minimum Gasteiger partial charge on any atom is -0.481 e. The molecule has 0 aromatic rings. The monoisotopic (exact) mass is 1000 g/mol. The number of carboxylic acid groups (broad SMARTS) is 2. The second kappa shape index (κ2) is 32.8. The SMILES string of the molecule is CC[C@H](C)[C@H](NC(=O)[C@H](CCC(=O)O)NC(=O)[C@@H](NC(=O)[C@H](CC(C)C)NC(=O)[C@@H](N)CCCCN)[C@@H](C)CC)C(=O)NCC(=O)N[C@H](C(=O)N[C@@H](CCC(N)=O)C(=O)N[C@H](C(=O)O)[C@@H](C)O)C(C)C. The maximum atomic E-state index is 14.0. The second-order valence-corrected chi connectivity index (χ2v) is 18.5. The smallest absolute Gasteiger partial charge is 0.328 e. The molecule has 25 heteroatoms. The number of hydrogen-bond acceptors (Lipinski definition) is 14. The van der Waals surface area contributed by atoms with Crippen LogP contribution in [0.1, 0.15) is 127 Å². The quantitative estimate of drug-likeness (QED) is 0.0288. The lowest BCUT2D eigenvalue weighted by molar-refractivity contribution is -0.145. The third-order valence-electron chi connectivity index (χ3n) is 11.6. The van der Waals surface area contributed by atoms with Crippen LogP contribution >= 0.6 is 0 Å². The van der Waals surface area contributed by atoms with Gasteiger partial charge in [0.15, 0.2) is 6.04 Å². The Morgan fingerprint density at radius 2 is 0.986 bits per heavy atom. The Kier molecular flexibility index (Phi) is 30.0. The van der Waals surface area contributed by atoms with Gasteiger partial charge in [-0.05, 0) is 69.2 Å². The summed E-state index contributed by atoms with van der Waals surface area (Å²) in [6.45, 7) is 14.4. The first kappa shape index (κ1) is 64.0. The van der Waals surface area contributed by atoms with E-state index < -0.39 is 163 Å². The van der Waals surface area contributed by atoms with Gasteiger partial charge in [-0.25, -0.2) is 4.79 Å². The number of rotatable bonds is 35. The molecule has 0 aromatic heterocycles. The van der Waals surface area contributed by atoms with Gasteiger partial charge in [0.1, 0.15) is 36.3 Å². The molecular formula is C45H81N11O14. The fourth-order valence-electron chi connectivity index (χ4n) is 6.83. The lowest BCUT2D eigenvalue weighted by atomic mass is 9.95. The van der Waals surface area contributed by atoms with Gasteiger partial charge in [-0.1, -0.05) is 74.7 Å². The maximum absolute atomic E-state index is 14.0. The molecule has 17 N–H and O–H groups in total. The van der Waals surface area contributed by atoms with Gasteiger partial charge in [0.05, 0.1) is 18.7 Å². The summed E-state index contributed by atoms with van der Waals surface area (Å²) >= 11 is 0. The Labute approximate surface area is 409 Å². The molecule has 0 unspecified atom stereocenters. The number of carbonyl (C=O) groups is 11. The minimum atomic E-state index is -1.76. The Morgan fingerprint density at radius 3 is 1.41 bits per heavy atom. The number of aliphatic hydroxyl groups is 1. The van der Waals surface area contributed by atoms with Crippen molar-refractivity contribution in [2.24, 2.45) is 40.9 Å². The van der Waals surface area contributed by atoms with Crippen molar-refractivity contribution in [3.63, 3.8) is 0 Å². The van der Waals surface area contributed by atoms with Gasteiger partial charge in [-0.15, -0.1) is 0 Å². The summed E-state index contributed by atoms with van der Waals surface area (Å²) in [6, 6.07) is -10.7. The lowest BCUT2D eigenvalue weighted by Gasteiger charge is -2.30. The normalized spacial score (nSPS) is 16.0. The van der Waals surface area contributed by atoms with Crippen molar-refractivity contribution in [2.75, 3.05) is 13.1 Å². The molecule has 0 radical (unpaired) electrons. The summed E-state index contributed by atoms with van der Waals surface area (Å²) in [6.07, 6.45) is -0.825. The van der Waals surface area contributed by atoms with E-state index in [1.807, 2.05) is 13.8 Å². The Balaban J connectivity index is 6.30. The van der Waals surface area contributed by atoms with E-state index in [9.17, 15) is 68.1 Å². The molecule has 0 aliphatic carbocycles. The molecule has 0 bridgehead atoms. The first-order valence-corrected chi connectivity index (χ1v) is 23.9. The highest BCUT2D eigenvalue weighted by Gasteiger charge is 2.36. The molecular weight excluding hydrogens is 919 g/mol. The highest BCUT2D eigenvalue weighted by atomic mass is 16.4. The predicted molar refractivity (Wildman–Crippen MR) is 255 cm³/mol. The van der Waals surface area contributed by atoms with Gasteiger partial charge in [0.25, 0.3) is 0 Å². The third kappa shape index (κ3) is 24.1. The maximum Gasteiger partial charge on any atom is 0.328 e. The first-order valence-electron chi connectivity index (χ1n) is 23.9. The molecule has 0 saturated carbocycles. The molecule has 0 fully saturated rings. The van der Waals surface area contributed by atoms with Gasteiger partial charge in [-0.3, -0.25) is 47.9 Å². The zero-order chi connectivity index (χ0) is 54.0. The highest BCUT2D eigenvalue weighted by molar-refractivity contribution is 5.98. The Bertz CT molecular complexity index is 1780. The summed E-state index contributed by atoms with van der Waals surface area (Å²) in [5.41, 5.74) is 16.8. The van der Waals surface area contributed by atoms with Crippen LogP contribution in [0.3, 0.4) is 0 Å². The van der Waals surface area contributed by atoms with Gasteiger partial charge in [-0.2, -0.15) is 0 Å². The number of aliphatic carboxylic acids is 2. The van der Waals surface area contributed by atoms with Crippen LogP contribution in [0, 0.1) is 23.7 Å². The van der Waals surface area contributed by atoms with Crippen LogP contribution in [0.4, 0.5) is 0 Å². The van der Waals surface area contributed by atoms with Crippen LogP contribution in [0.5, 0.6) is 0 Å². The van der Waals surface area contributed by atoms with Gasteiger partial charge in [0, 0.05) is 12.8 Å². The van der Waals surface area contributed by atoms with Crippen LogP contribution in [0.15, 0.2) is 0 Å². The van der Waals surface area contributed by atoms with Gasteiger partial charge >= 0.3 is 11.9 Å². The molecule has 0 rings (SSSR count). The van der Waals surface area contributed by atoms with E-state index in [1.165, 1.54) is 0 Å². The van der Waals surface area contributed by atoms with E-state index in [4.69, 9.17) is 17.2 Å². The molecule has 0 aliphatic rings. The summed E-state index contributed by atoms with van der Waals surface area (Å²) in [5.74, 6) is -12.3. The molecule has 0 aromatic carbocycles. The number of amides is 9. The van der Waals surface area contributed by atoms with Crippen LogP contribution in [0.2, 0.25) is 0 Å². The number of aliphatic hydroxyl groups excluding tert-OH is 1. The van der Waals surface area contributed by atoms with E-state index in [-0.39, 0.29) is 18.8 Å². The van der Waals surface area contributed by atoms with E-state index in [2.05, 4.69) is 42.5 Å². The average Bonchev–Trinajstić information content (AvgIpc) is 3.28. The van der Waals surface area contributed by atoms with E-state index >= 15 is 0 Å². The minimum absolute atomic E-state index is 0.0698. The predicted octanol–water partition coefficient (Wildman–Crippen LogP) is -2.66. The first-order chi connectivity index (χ1) is 32.6. The van der Waals surface area contributed by atoms with Crippen molar-refractivity contribution in [1.82, 2.24) is 42.5 Å². The van der Waals surface area contributed by atoms with E-state index in [0.29, 0.717) is 38.6 Å². The van der Waals surface area contributed by atoms with E-state index in [1.54, 1.807) is 41.5 Å². The van der Waals surface area contributed by atoms with Gasteiger partial charge in [0.2, 0.25) is 53.2 Å². The zero-order valence-electron chi connectivity index (χ0n) is 42.1. The highest BCUT2D eigenvalue weighted by Crippen LogP contribution is 2.14. The third-order valence-corrected chi connectivity index (χ3v) is 11.6. The van der Waals surface area contributed by atoms with Crippen molar-refractivity contribution in [3.8, 4) is 0 Å². The molecule has 0 spiro atoms. The van der Waals surface area contributed by atoms with Crippen molar-refractivity contribution in [1.29, 1.82) is 0 Å². The summed E-state index contributed by atoms with van der Waals surface area (Å²) in [7, 11) is 0. The zero-order valence-corrected chi connectivity index (χ0v) is 42.1. The molecule has 0 aliphatic heterocycles. The lowest BCUT2D eigenvalue weighted by Crippen LogP contribution is -2.61. The molecule has 9 amide bonds. The molecule has 0 saturated heterocycles. The standard InChI is InChI=1S/C45H81N11O14/c1-10-24(7)35(42(66)49-21-32(59)53-34(23(5)6)43(67)50-28(15-17-31(48)58)40(64)56-37(26(9)57)45(69)70)54-39(63)29(16-18-33(60)61)51-44(68)36(25(8)11-2)55-41(65)30(20-22(3)4)52-38(62)27(47)14-12-13-19-46/h22-30,34-37,57H,10-21,46-47H2,1-9H3,(H2,48,58)(H,49,66)(H,50,67)(H,51,68)(H,52,62)(H,53,59)(H,54,63)(H,55,65)(H,56,64)(H,60,61)(H,69,70)/t24-,25-,26+,27-,28-,29-,30-,34-,35-,36-,37-/m0/s1. The fourth-order valence-corrected chi connectivity index (χ4v) is 6.83. The van der Waals surface area contributed by atoms with Crippen molar-refractivity contribution >= 4 is 65.1 Å². The summed E-state index contributed by atoms with van der Waals surface area (Å²) in [5, 5.41) is 48.5. The average molecular weight is 1000 g/mol. The molecule has 25 nitrogen and oxygen atoms in total. The van der Waals surface area contributed by atoms with Crippen LogP contribution in [-0.4, -0.2) is 148 Å². The molecule has 70 heavy (non-hydrogen) atoms. The van der Waals surface area contributed by atoms with Crippen molar-refractivity contribution < 1.29 is 68.1 Å². The summed E-state index contributed by atoms with van der Waals surface area (Å²) < 4.78 is 0. The van der Waals surface area contributed by atoms with E-state index in [0.717, 1.165) is 6.92 Å².